The van der Waals surface area contributed by atoms with Crippen LogP contribution in [0, 0.1) is 0 Å². The Morgan fingerprint density at radius 2 is 0.878 bits per heavy atom. The van der Waals surface area contributed by atoms with E-state index in [4.69, 9.17) is 29.7 Å². The highest BCUT2D eigenvalue weighted by Gasteiger charge is 2.09. The number of nitrogen functional groups attached to an aromatic ring is 1. The van der Waals surface area contributed by atoms with Crippen LogP contribution in [0.2, 0.25) is 0 Å². The number of rotatable bonds is 16. The molecule has 0 atom stereocenters. The summed E-state index contributed by atoms with van der Waals surface area (Å²) in [5.74, 6) is 1.84. The summed E-state index contributed by atoms with van der Waals surface area (Å²) >= 11 is 0. The number of ether oxygens (including phenoxy) is 4. The van der Waals surface area contributed by atoms with Gasteiger partial charge in [0.15, 0.2) is 0 Å². The summed E-state index contributed by atoms with van der Waals surface area (Å²) in [6, 6.07) is 31.8. The second kappa shape index (κ2) is 17.0. The van der Waals surface area contributed by atoms with Gasteiger partial charge in [-0.15, -0.1) is 0 Å². The zero-order chi connectivity index (χ0) is 34.4. The molecule has 0 fully saturated rings. The van der Waals surface area contributed by atoms with Crippen molar-refractivity contribution in [1.82, 2.24) is 15.0 Å². The van der Waals surface area contributed by atoms with Gasteiger partial charge >= 0.3 is 11.9 Å². The van der Waals surface area contributed by atoms with Crippen LogP contribution in [-0.2, 0) is 31.9 Å². The van der Waals surface area contributed by atoms with Crippen molar-refractivity contribution in [3.8, 4) is 33.8 Å². The summed E-state index contributed by atoms with van der Waals surface area (Å²) in [5, 5.41) is 0. The number of benzene rings is 4. The lowest BCUT2D eigenvalue weighted by Gasteiger charge is -2.09. The lowest BCUT2D eigenvalue weighted by atomic mass is 10.0. The van der Waals surface area contributed by atoms with Crippen LogP contribution < -0.4 is 15.2 Å². The van der Waals surface area contributed by atoms with Crippen LogP contribution in [0.3, 0.4) is 0 Å². The molecular weight excluding hydrogens is 620 g/mol. The van der Waals surface area contributed by atoms with Gasteiger partial charge in [-0.3, -0.25) is 0 Å². The van der Waals surface area contributed by atoms with Crippen molar-refractivity contribution in [2.45, 2.75) is 12.8 Å². The number of hydrogen-bond donors (Lipinski definition) is 1. The van der Waals surface area contributed by atoms with Crippen molar-refractivity contribution < 1.29 is 28.5 Å². The third-order valence-electron chi connectivity index (χ3n) is 7.28. The molecule has 5 rings (SSSR count). The Hall–Kier alpha value is -6.29. The largest absolute Gasteiger partial charge is 0.490 e. The van der Waals surface area contributed by atoms with Crippen molar-refractivity contribution in [3.05, 3.63) is 145 Å². The molecule has 0 bridgehead atoms. The minimum Gasteiger partial charge on any atom is -0.490 e. The highest BCUT2D eigenvalue weighted by Crippen LogP contribution is 2.25. The standard InChI is InChI=1S/C39H36N4O6/c1-3-37(44)48-23-21-46-33-17-13-31(14-18-33)29-9-5-27(6-10-29)25-35-41-36(43-39(40)42-35)26-28-7-11-30(12-8-28)32-15-19-34(20-16-32)47-22-24-49-38(45)4-2/h3-20H,1-2,21-26H2,(H2,40,41,42,43). The second-order valence-corrected chi connectivity index (χ2v) is 10.8. The first-order valence-corrected chi connectivity index (χ1v) is 15.6. The van der Waals surface area contributed by atoms with Gasteiger partial charge in [-0.1, -0.05) is 86.0 Å². The predicted octanol–water partition coefficient (Wildman–Crippen LogP) is 6.19. The number of anilines is 1. The Morgan fingerprint density at radius 1 is 0.531 bits per heavy atom. The maximum absolute atomic E-state index is 11.1. The molecule has 10 heteroatoms. The summed E-state index contributed by atoms with van der Waals surface area (Å²) < 4.78 is 21.1. The highest BCUT2D eigenvalue weighted by molar-refractivity contribution is 5.81. The van der Waals surface area contributed by atoms with Crippen LogP contribution in [0.1, 0.15) is 22.8 Å². The molecule has 5 aromatic rings. The molecule has 1 aromatic heterocycles. The molecule has 49 heavy (non-hydrogen) atoms. The Kier molecular flexibility index (Phi) is 11.8. The zero-order valence-electron chi connectivity index (χ0n) is 26.9. The van der Waals surface area contributed by atoms with Gasteiger partial charge in [-0.05, 0) is 57.6 Å². The SMILES string of the molecule is C=CC(=O)OCCOc1ccc(-c2ccc(Cc3nc(N)nc(Cc4ccc(-c5ccc(OCCOC(=O)C=C)cc5)cc4)n3)cc2)cc1. The summed E-state index contributed by atoms with van der Waals surface area (Å²) in [6.45, 7) is 7.57. The van der Waals surface area contributed by atoms with E-state index in [9.17, 15) is 9.59 Å². The minimum atomic E-state index is -0.472. The van der Waals surface area contributed by atoms with E-state index in [0.29, 0.717) is 36.0 Å². The number of esters is 2. The van der Waals surface area contributed by atoms with Gasteiger partial charge in [-0.25, -0.2) is 14.6 Å². The number of carbonyl (C=O) groups excluding carboxylic acids is 2. The monoisotopic (exact) mass is 656 g/mol. The van der Waals surface area contributed by atoms with Crippen molar-refractivity contribution >= 4 is 17.9 Å². The van der Waals surface area contributed by atoms with E-state index in [-0.39, 0.29) is 32.4 Å². The molecule has 0 saturated carbocycles. The van der Waals surface area contributed by atoms with Crippen molar-refractivity contribution in [3.63, 3.8) is 0 Å². The number of nitrogens with two attached hydrogens (primary N) is 1. The lowest BCUT2D eigenvalue weighted by molar-refractivity contribution is -0.139. The number of hydrogen-bond acceptors (Lipinski definition) is 10. The number of nitrogens with zero attached hydrogens (tertiary/aromatic N) is 3. The summed E-state index contributed by atoms with van der Waals surface area (Å²) in [7, 11) is 0. The van der Waals surface area contributed by atoms with Crippen LogP contribution in [0.15, 0.2) is 122 Å². The van der Waals surface area contributed by atoms with E-state index < -0.39 is 11.9 Å². The quantitative estimate of drug-likeness (QED) is 0.0744. The molecule has 0 amide bonds. The average molecular weight is 657 g/mol. The third-order valence-corrected chi connectivity index (χ3v) is 7.28. The molecule has 1 heterocycles. The van der Waals surface area contributed by atoms with Gasteiger partial charge in [0.1, 0.15) is 49.6 Å². The molecule has 2 N–H and O–H groups in total. The van der Waals surface area contributed by atoms with Crippen LogP contribution in [-0.4, -0.2) is 53.3 Å². The van der Waals surface area contributed by atoms with Gasteiger partial charge in [-0.2, -0.15) is 9.97 Å². The van der Waals surface area contributed by atoms with Gasteiger partial charge in [0.05, 0.1) is 0 Å². The second-order valence-electron chi connectivity index (χ2n) is 10.8. The molecule has 0 aliphatic rings. The maximum Gasteiger partial charge on any atom is 0.330 e. The molecule has 248 valence electrons. The van der Waals surface area contributed by atoms with E-state index in [1.165, 1.54) is 0 Å². The zero-order valence-corrected chi connectivity index (χ0v) is 26.9. The van der Waals surface area contributed by atoms with E-state index >= 15 is 0 Å². The topological polar surface area (TPSA) is 136 Å². The van der Waals surface area contributed by atoms with E-state index in [1.54, 1.807) is 0 Å². The number of aromatic nitrogens is 3. The minimum absolute atomic E-state index is 0.157. The van der Waals surface area contributed by atoms with Gasteiger partial charge in [0.2, 0.25) is 5.95 Å². The number of carbonyl (C=O) groups is 2. The molecule has 0 unspecified atom stereocenters. The normalized spacial score (nSPS) is 10.5. The summed E-state index contributed by atoms with van der Waals surface area (Å²) in [4.78, 5) is 35.7. The molecular formula is C39H36N4O6. The fourth-order valence-electron chi connectivity index (χ4n) is 4.85. The predicted molar refractivity (Wildman–Crippen MR) is 187 cm³/mol. The maximum atomic E-state index is 11.1. The molecule has 0 aliphatic carbocycles. The Labute approximate surface area is 284 Å². The van der Waals surface area contributed by atoms with Crippen LogP contribution in [0.5, 0.6) is 11.5 Å². The first kappa shape index (κ1) is 34.1. The van der Waals surface area contributed by atoms with E-state index in [2.05, 4.69) is 47.4 Å². The van der Waals surface area contributed by atoms with Gasteiger partial charge in [0, 0.05) is 25.0 Å². The van der Waals surface area contributed by atoms with Crippen molar-refractivity contribution in [2.75, 3.05) is 32.2 Å². The van der Waals surface area contributed by atoms with Crippen molar-refractivity contribution in [1.29, 1.82) is 0 Å². The first-order chi connectivity index (χ1) is 23.9. The van der Waals surface area contributed by atoms with Gasteiger partial charge in [0.25, 0.3) is 0 Å². The van der Waals surface area contributed by atoms with Gasteiger partial charge < -0.3 is 24.7 Å². The first-order valence-electron chi connectivity index (χ1n) is 15.6. The molecule has 0 spiro atoms. The average Bonchev–Trinajstić information content (AvgIpc) is 3.12. The smallest absolute Gasteiger partial charge is 0.330 e. The summed E-state index contributed by atoms with van der Waals surface area (Å²) in [6.07, 6.45) is 3.28. The van der Waals surface area contributed by atoms with E-state index in [0.717, 1.165) is 45.5 Å². The Balaban J connectivity index is 1.13. The van der Waals surface area contributed by atoms with Crippen LogP contribution >= 0.6 is 0 Å². The molecule has 0 aliphatic heterocycles. The fourth-order valence-corrected chi connectivity index (χ4v) is 4.85. The molecule has 0 saturated heterocycles. The molecule has 0 radical (unpaired) electrons. The Bertz CT molecular complexity index is 1740. The van der Waals surface area contributed by atoms with Crippen molar-refractivity contribution in [2.24, 2.45) is 0 Å². The highest BCUT2D eigenvalue weighted by atomic mass is 16.6. The Morgan fingerprint density at radius 3 is 1.22 bits per heavy atom. The fraction of sp³-hybridized carbons (Fsp3) is 0.154. The molecule has 10 nitrogen and oxygen atoms in total. The van der Waals surface area contributed by atoms with Crippen LogP contribution in [0.4, 0.5) is 5.95 Å². The molecule has 4 aromatic carbocycles. The van der Waals surface area contributed by atoms with Crippen LogP contribution in [0.25, 0.3) is 22.3 Å². The lowest BCUT2D eigenvalue weighted by Crippen LogP contribution is -2.10. The summed E-state index contributed by atoms with van der Waals surface area (Å²) in [5.41, 5.74) is 12.4. The third kappa shape index (κ3) is 10.4. The van der Waals surface area contributed by atoms with E-state index in [1.807, 2.05) is 72.8 Å².